The molecule has 6 aromatic rings. The Bertz CT molecular complexity index is 1890. The molecule has 6 aromatic carbocycles. The van der Waals surface area contributed by atoms with Crippen LogP contribution < -0.4 is 0 Å². The molecular formula is C34H27OSi3. The molecule has 5 radical (unpaired) electrons. The average Bonchev–Trinajstić information content (AvgIpc) is 2.94. The van der Waals surface area contributed by atoms with E-state index in [-0.39, 0.29) is 5.60 Å². The van der Waals surface area contributed by atoms with Crippen LogP contribution in [0.5, 0.6) is 0 Å². The van der Waals surface area contributed by atoms with Gasteiger partial charge in [-0.25, -0.2) is 0 Å². The largest absolute Gasteiger partial charge is 0.413 e. The molecule has 1 atom stereocenters. The minimum absolute atomic E-state index is 0.331. The first-order chi connectivity index (χ1) is 18.7. The Balaban J connectivity index is 1.56. The van der Waals surface area contributed by atoms with E-state index in [1.165, 1.54) is 59.4 Å². The SMILES string of the molecule is C=CC[Si]1CC(CC=C)(c2c3ccccc3cc3c2ccc2cc4cc5ccccc5cc4cc23)O[Si][Si]1. The second-order valence-electron chi connectivity index (χ2n) is 10.3. The van der Waals surface area contributed by atoms with Crippen molar-refractivity contribution in [2.75, 3.05) is 0 Å². The summed E-state index contributed by atoms with van der Waals surface area (Å²) < 4.78 is 6.88. The summed E-state index contributed by atoms with van der Waals surface area (Å²) in [6, 6.07) is 36.2. The van der Waals surface area contributed by atoms with Crippen LogP contribution >= 0.6 is 0 Å². The lowest BCUT2D eigenvalue weighted by molar-refractivity contribution is 0.102. The summed E-state index contributed by atoms with van der Waals surface area (Å²) in [4.78, 5) is 0. The zero-order valence-electron chi connectivity index (χ0n) is 21.3. The summed E-state index contributed by atoms with van der Waals surface area (Å²) in [6.07, 6.45) is 5.03. The first kappa shape index (κ1) is 23.8. The topological polar surface area (TPSA) is 9.23 Å². The fourth-order valence-electron chi connectivity index (χ4n) is 6.31. The molecule has 4 heteroatoms. The molecule has 0 aromatic heterocycles. The number of rotatable bonds is 5. The van der Waals surface area contributed by atoms with Gasteiger partial charge in [-0.1, -0.05) is 72.8 Å². The average molecular weight is 536 g/mol. The molecule has 0 bridgehead atoms. The molecular weight excluding hydrogens is 509 g/mol. The van der Waals surface area contributed by atoms with Crippen LogP contribution in [0.2, 0.25) is 12.1 Å². The lowest BCUT2D eigenvalue weighted by Crippen LogP contribution is -2.47. The highest BCUT2D eigenvalue weighted by Gasteiger charge is 2.41. The first-order valence-corrected chi connectivity index (χ1v) is 19.0. The number of allylic oxidation sites excluding steroid dienone is 1. The van der Waals surface area contributed by atoms with Gasteiger partial charge in [0.15, 0.2) is 0 Å². The van der Waals surface area contributed by atoms with Crippen molar-refractivity contribution in [3.05, 3.63) is 122 Å². The van der Waals surface area contributed by atoms with Crippen molar-refractivity contribution in [3.8, 4) is 0 Å². The first-order valence-electron chi connectivity index (χ1n) is 13.2. The molecule has 1 aliphatic heterocycles. The standard InChI is InChI=1S/C34H27OSi3/c1-3-15-34(22-38(16-4-2)37-36-35-34)33-29-12-8-7-11-25(29)20-32-30(33)14-13-26-19-27-17-23-9-5-6-10-24(23)18-28(27)21-31(26)32/h3-14,17-21H,1-2,15-16,22H2. The van der Waals surface area contributed by atoms with Crippen LogP contribution in [-0.2, 0) is 10.0 Å². The van der Waals surface area contributed by atoms with Gasteiger partial charge in [-0.05, 0) is 108 Å². The van der Waals surface area contributed by atoms with E-state index in [1.807, 2.05) is 0 Å². The molecule has 181 valence electrons. The fourth-order valence-corrected chi connectivity index (χ4v) is 15.4. The van der Waals surface area contributed by atoms with Crippen molar-refractivity contribution in [1.29, 1.82) is 0 Å². The lowest BCUT2D eigenvalue weighted by Gasteiger charge is -2.41. The van der Waals surface area contributed by atoms with E-state index < -0.39 is 8.31 Å². The third-order valence-corrected chi connectivity index (χ3v) is 17.6. The predicted octanol–water partition coefficient (Wildman–Crippen LogP) is 8.67. The molecule has 1 fully saturated rings. The molecule has 1 saturated heterocycles. The number of fused-ring (bicyclic) bond motifs is 6. The van der Waals surface area contributed by atoms with Gasteiger partial charge in [-0.15, -0.1) is 13.2 Å². The van der Waals surface area contributed by atoms with Crippen LogP contribution in [0.1, 0.15) is 12.0 Å². The Hall–Kier alpha value is -3.29. The van der Waals surface area contributed by atoms with Crippen LogP contribution in [0.3, 0.4) is 0 Å². The second kappa shape index (κ2) is 9.47. The van der Waals surface area contributed by atoms with Crippen LogP contribution in [0, 0.1) is 0 Å². The second-order valence-corrected chi connectivity index (χ2v) is 18.7. The summed E-state index contributed by atoms with van der Waals surface area (Å²) in [5, 5.41) is 12.9. The molecule has 0 N–H and O–H groups in total. The van der Waals surface area contributed by atoms with Crippen molar-refractivity contribution in [2.45, 2.75) is 24.1 Å². The summed E-state index contributed by atoms with van der Waals surface area (Å²) in [5.41, 5.74) is 1.03. The maximum atomic E-state index is 6.88. The van der Waals surface area contributed by atoms with Crippen molar-refractivity contribution in [1.82, 2.24) is 0 Å². The maximum Gasteiger partial charge on any atom is 0.203 e. The van der Waals surface area contributed by atoms with E-state index >= 15 is 0 Å². The van der Waals surface area contributed by atoms with Crippen molar-refractivity contribution in [3.63, 3.8) is 0 Å². The Labute approximate surface area is 229 Å². The highest BCUT2D eigenvalue weighted by molar-refractivity contribution is 7.35. The van der Waals surface area contributed by atoms with Gasteiger partial charge >= 0.3 is 0 Å². The Kier molecular flexibility index (Phi) is 5.93. The third-order valence-electron chi connectivity index (χ3n) is 7.98. The Morgan fingerprint density at radius 2 is 1.34 bits per heavy atom. The van der Waals surface area contributed by atoms with E-state index in [4.69, 9.17) is 4.43 Å². The monoisotopic (exact) mass is 535 g/mol. The molecule has 0 spiro atoms. The predicted molar refractivity (Wildman–Crippen MR) is 169 cm³/mol. The summed E-state index contributed by atoms with van der Waals surface area (Å²) in [7, 11) is 0.942. The molecule has 0 aliphatic carbocycles. The van der Waals surface area contributed by atoms with E-state index in [0.29, 0.717) is 9.28 Å². The smallest absolute Gasteiger partial charge is 0.203 e. The van der Waals surface area contributed by atoms with E-state index in [9.17, 15) is 0 Å². The summed E-state index contributed by atoms with van der Waals surface area (Å²) in [5.74, 6) is 0. The van der Waals surface area contributed by atoms with E-state index in [1.54, 1.807) is 0 Å². The molecule has 7 rings (SSSR count). The molecule has 1 aliphatic rings. The zero-order chi connectivity index (χ0) is 25.7. The van der Waals surface area contributed by atoms with Gasteiger partial charge in [0.1, 0.15) is 0 Å². The summed E-state index contributed by atoms with van der Waals surface area (Å²) >= 11 is 0. The van der Waals surface area contributed by atoms with E-state index in [2.05, 4.69) is 116 Å². The normalized spacial score (nSPS) is 18.5. The quantitative estimate of drug-likeness (QED) is 0.0928. The molecule has 1 nitrogen and oxygen atoms in total. The van der Waals surface area contributed by atoms with Crippen molar-refractivity contribution >= 4 is 80.0 Å². The third kappa shape index (κ3) is 3.83. The highest BCUT2D eigenvalue weighted by Crippen LogP contribution is 2.46. The van der Waals surface area contributed by atoms with Gasteiger partial charge in [0.05, 0.1) is 14.2 Å². The molecule has 0 amide bonds. The number of hydrogen-bond acceptors (Lipinski definition) is 1. The maximum absolute atomic E-state index is 6.88. The van der Waals surface area contributed by atoms with Gasteiger partial charge in [0, 0.05) is 8.31 Å². The Morgan fingerprint density at radius 3 is 2.11 bits per heavy atom. The minimum atomic E-state index is -0.551. The Morgan fingerprint density at radius 1 is 0.684 bits per heavy atom. The lowest BCUT2D eigenvalue weighted by atomic mass is 9.83. The molecule has 38 heavy (non-hydrogen) atoms. The van der Waals surface area contributed by atoms with Crippen LogP contribution in [0.25, 0.3) is 53.9 Å². The van der Waals surface area contributed by atoms with Gasteiger partial charge < -0.3 is 4.43 Å². The van der Waals surface area contributed by atoms with Gasteiger partial charge in [0.2, 0.25) is 9.28 Å². The van der Waals surface area contributed by atoms with Crippen LogP contribution in [0.15, 0.2) is 116 Å². The molecule has 0 saturated carbocycles. The van der Waals surface area contributed by atoms with Crippen molar-refractivity contribution < 1.29 is 4.43 Å². The fraction of sp³-hybridized carbons (Fsp3) is 0.118. The van der Waals surface area contributed by atoms with Gasteiger partial charge in [-0.2, -0.15) is 0 Å². The van der Waals surface area contributed by atoms with Gasteiger partial charge in [-0.3, -0.25) is 0 Å². The zero-order valence-corrected chi connectivity index (χ0v) is 24.3. The molecule has 1 heterocycles. The summed E-state index contributed by atoms with van der Waals surface area (Å²) in [6.45, 7) is 8.25. The molecule has 1 unspecified atom stereocenters. The highest BCUT2D eigenvalue weighted by atomic mass is 29.5. The van der Waals surface area contributed by atoms with Crippen LogP contribution in [0.4, 0.5) is 0 Å². The van der Waals surface area contributed by atoms with Gasteiger partial charge in [0.25, 0.3) is 0 Å². The number of hydrogen-bond donors (Lipinski definition) is 0. The van der Waals surface area contributed by atoms with E-state index in [0.717, 1.165) is 27.1 Å². The van der Waals surface area contributed by atoms with Crippen molar-refractivity contribution in [2.24, 2.45) is 0 Å². The minimum Gasteiger partial charge on any atom is -0.413 e. The number of benzene rings is 6. The van der Waals surface area contributed by atoms with Crippen LogP contribution in [-0.4, -0.2) is 26.1 Å².